The van der Waals surface area contributed by atoms with E-state index in [0.29, 0.717) is 59.7 Å². The van der Waals surface area contributed by atoms with Gasteiger partial charge in [-0.1, -0.05) is 11.6 Å². The lowest BCUT2D eigenvalue weighted by molar-refractivity contribution is -0.122. The Hall–Kier alpha value is -3.50. The fourth-order valence-electron chi connectivity index (χ4n) is 5.72. The fraction of sp³-hybridized carbons (Fsp3) is 0.333. The number of carbonyl (C=O) groups is 1. The van der Waals surface area contributed by atoms with Crippen molar-refractivity contribution in [1.29, 1.82) is 0 Å². The van der Waals surface area contributed by atoms with Crippen LogP contribution >= 0.6 is 11.6 Å². The van der Waals surface area contributed by atoms with Crippen molar-refractivity contribution in [3.8, 4) is 11.1 Å². The molecule has 3 aliphatic carbocycles. The second-order valence-corrected chi connectivity index (χ2v) is 13.0. The van der Waals surface area contributed by atoms with Crippen LogP contribution in [0.1, 0.15) is 37.8 Å². The second-order valence-electron chi connectivity index (χ2n) is 10.6. The Labute approximate surface area is 224 Å². The molecule has 4 aromatic rings. The summed E-state index contributed by atoms with van der Waals surface area (Å²) in [6.45, 7) is 0. The number of halogens is 1. The number of fused-ring (bicyclic) bond motifs is 2. The highest BCUT2D eigenvalue weighted by Gasteiger charge is 2.59. The number of anilines is 2. The maximum absolute atomic E-state index is 13.8. The van der Waals surface area contributed by atoms with Crippen molar-refractivity contribution < 1.29 is 13.2 Å². The van der Waals surface area contributed by atoms with Gasteiger partial charge in [-0.25, -0.2) is 17.9 Å². The third kappa shape index (κ3) is 4.12. The molecule has 194 valence electrons. The Bertz CT molecular complexity index is 1670. The van der Waals surface area contributed by atoms with Gasteiger partial charge in [0.05, 0.1) is 33.8 Å². The van der Waals surface area contributed by atoms with Crippen molar-refractivity contribution in [3.05, 3.63) is 71.9 Å². The van der Waals surface area contributed by atoms with E-state index in [1.807, 2.05) is 12.1 Å². The number of pyridine rings is 3. The largest absolute Gasteiger partial charge is 0.310 e. The van der Waals surface area contributed by atoms with E-state index in [4.69, 9.17) is 11.6 Å². The van der Waals surface area contributed by atoms with Crippen LogP contribution in [-0.2, 0) is 20.2 Å². The van der Waals surface area contributed by atoms with E-state index in [0.717, 1.165) is 23.1 Å². The molecular formula is C27H25ClN6O3S. The van der Waals surface area contributed by atoms with Crippen LogP contribution in [0.25, 0.3) is 16.6 Å². The molecule has 2 N–H and O–H groups in total. The molecule has 3 fully saturated rings. The minimum absolute atomic E-state index is 0.164. The molecule has 4 heterocycles. The molecular weight excluding hydrogens is 524 g/mol. The van der Waals surface area contributed by atoms with E-state index >= 15 is 0 Å². The van der Waals surface area contributed by atoms with Crippen molar-refractivity contribution >= 4 is 44.6 Å². The van der Waals surface area contributed by atoms with E-state index in [9.17, 15) is 13.2 Å². The van der Waals surface area contributed by atoms with Crippen LogP contribution in [0.4, 0.5) is 11.5 Å². The molecule has 38 heavy (non-hydrogen) atoms. The molecule has 0 radical (unpaired) electrons. The van der Waals surface area contributed by atoms with E-state index in [-0.39, 0.29) is 11.2 Å². The van der Waals surface area contributed by atoms with Gasteiger partial charge in [0, 0.05) is 34.7 Å². The number of carbonyl (C=O) groups excluding carboxylic acids is 1. The van der Waals surface area contributed by atoms with Crippen LogP contribution in [0.2, 0.25) is 5.02 Å². The van der Waals surface area contributed by atoms with Gasteiger partial charge in [0.2, 0.25) is 15.9 Å². The average Bonchev–Trinajstić information content (AvgIpc) is 3.82. The fourth-order valence-corrected chi connectivity index (χ4v) is 7.26. The average molecular weight is 549 g/mol. The molecule has 1 amide bonds. The number of rotatable bonds is 7. The van der Waals surface area contributed by atoms with Crippen LogP contribution in [0.3, 0.4) is 0 Å². The summed E-state index contributed by atoms with van der Waals surface area (Å²) in [5.41, 5.74) is 2.83. The standard InChI is InChI=1S/C27H25ClN6O3S/c28-19-6-8-34-23(10-19)22(15-31-34)16-1-4-25(30-14-16)32-26(35)27(12-17-9-18(17)13-27)24-11-20(5-7-29-24)33-38(36,37)21-2-3-21/h1,4-8,10-11,14-15,17-18,21H,2-3,9,12-13H2,(H,29,33)(H,30,32,35). The summed E-state index contributed by atoms with van der Waals surface area (Å²) in [7, 11) is -3.41. The third-order valence-corrected chi connectivity index (χ3v) is 10.1. The molecule has 0 aliphatic heterocycles. The molecule has 0 aromatic carbocycles. The summed E-state index contributed by atoms with van der Waals surface area (Å²) in [5, 5.41) is 7.66. The first-order chi connectivity index (χ1) is 18.3. The SMILES string of the molecule is O=C(Nc1ccc(-c2cnn3ccc(Cl)cc23)cn1)C1(c2cc(NS(=O)(=O)C3CC3)ccn2)CC2CC2C1. The first-order valence-corrected chi connectivity index (χ1v) is 14.6. The summed E-state index contributed by atoms with van der Waals surface area (Å²) in [4.78, 5) is 22.8. The van der Waals surface area contributed by atoms with Gasteiger partial charge in [-0.15, -0.1) is 0 Å². The summed E-state index contributed by atoms with van der Waals surface area (Å²) in [6.07, 6.45) is 10.7. The zero-order valence-electron chi connectivity index (χ0n) is 20.3. The van der Waals surface area contributed by atoms with Crippen LogP contribution in [0.5, 0.6) is 0 Å². The summed E-state index contributed by atoms with van der Waals surface area (Å²) < 4.78 is 29.4. The number of amides is 1. The quantitative estimate of drug-likeness (QED) is 0.347. The van der Waals surface area contributed by atoms with Crippen molar-refractivity contribution in [1.82, 2.24) is 19.6 Å². The van der Waals surface area contributed by atoms with E-state index in [1.165, 1.54) is 0 Å². The normalized spacial score (nSPS) is 24.2. The van der Waals surface area contributed by atoms with E-state index in [1.54, 1.807) is 53.6 Å². The van der Waals surface area contributed by atoms with E-state index < -0.39 is 15.4 Å². The van der Waals surface area contributed by atoms with Gasteiger partial charge < -0.3 is 5.32 Å². The van der Waals surface area contributed by atoms with Crippen molar-refractivity contribution in [3.63, 3.8) is 0 Å². The Kier molecular flexibility index (Phi) is 5.28. The number of aromatic nitrogens is 4. The minimum Gasteiger partial charge on any atom is -0.310 e. The maximum atomic E-state index is 13.8. The molecule has 4 aromatic heterocycles. The highest BCUT2D eigenvalue weighted by Crippen LogP contribution is 2.60. The highest BCUT2D eigenvalue weighted by molar-refractivity contribution is 7.93. The van der Waals surface area contributed by atoms with Gasteiger partial charge in [-0.2, -0.15) is 5.10 Å². The molecule has 11 heteroatoms. The number of hydrogen-bond acceptors (Lipinski definition) is 6. The Morgan fingerprint density at radius 1 is 1.05 bits per heavy atom. The number of sulfonamides is 1. The molecule has 2 atom stereocenters. The monoisotopic (exact) mass is 548 g/mol. The molecule has 0 bridgehead atoms. The lowest BCUT2D eigenvalue weighted by atomic mass is 9.78. The summed E-state index contributed by atoms with van der Waals surface area (Å²) in [5.74, 6) is 1.26. The summed E-state index contributed by atoms with van der Waals surface area (Å²) in [6, 6.07) is 10.6. The first kappa shape index (κ1) is 23.6. The predicted molar refractivity (Wildman–Crippen MR) is 144 cm³/mol. The van der Waals surface area contributed by atoms with Gasteiger partial charge in [0.15, 0.2) is 0 Å². The highest BCUT2D eigenvalue weighted by atomic mass is 35.5. The first-order valence-electron chi connectivity index (χ1n) is 12.7. The topological polar surface area (TPSA) is 118 Å². The lowest BCUT2D eigenvalue weighted by Gasteiger charge is -2.29. The van der Waals surface area contributed by atoms with Crippen LogP contribution in [0.15, 0.2) is 61.2 Å². The number of nitrogens with one attached hydrogen (secondary N) is 2. The third-order valence-electron chi connectivity index (χ3n) is 8.00. The van der Waals surface area contributed by atoms with E-state index in [2.05, 4.69) is 25.1 Å². The zero-order chi connectivity index (χ0) is 26.1. The Morgan fingerprint density at radius 3 is 2.61 bits per heavy atom. The molecule has 7 rings (SSSR count). The lowest BCUT2D eigenvalue weighted by Crippen LogP contribution is -2.40. The minimum atomic E-state index is -3.41. The molecule has 2 unspecified atom stereocenters. The molecule has 0 saturated heterocycles. The number of hydrogen-bond donors (Lipinski definition) is 2. The zero-order valence-corrected chi connectivity index (χ0v) is 21.9. The van der Waals surface area contributed by atoms with Gasteiger partial charge in [0.25, 0.3) is 0 Å². The molecule has 9 nitrogen and oxygen atoms in total. The van der Waals surface area contributed by atoms with Crippen molar-refractivity contribution in [2.45, 2.75) is 42.8 Å². The number of nitrogens with zero attached hydrogens (tertiary/aromatic N) is 4. The maximum Gasteiger partial charge on any atom is 0.237 e. The van der Waals surface area contributed by atoms with Crippen LogP contribution in [-0.4, -0.2) is 39.2 Å². The van der Waals surface area contributed by atoms with Crippen LogP contribution < -0.4 is 10.0 Å². The predicted octanol–water partition coefficient (Wildman–Crippen LogP) is 4.66. The second kappa shape index (κ2) is 8.51. The Morgan fingerprint density at radius 2 is 1.87 bits per heavy atom. The van der Waals surface area contributed by atoms with Gasteiger partial charge in [0.1, 0.15) is 5.82 Å². The van der Waals surface area contributed by atoms with Gasteiger partial charge in [-0.3, -0.25) is 14.5 Å². The molecule has 3 saturated carbocycles. The Balaban J connectivity index is 1.15. The molecule has 0 spiro atoms. The van der Waals surface area contributed by atoms with Crippen molar-refractivity contribution in [2.24, 2.45) is 11.8 Å². The molecule has 3 aliphatic rings. The smallest absolute Gasteiger partial charge is 0.237 e. The summed E-state index contributed by atoms with van der Waals surface area (Å²) >= 11 is 6.17. The van der Waals surface area contributed by atoms with Crippen molar-refractivity contribution in [2.75, 3.05) is 10.0 Å². The van der Waals surface area contributed by atoms with Gasteiger partial charge in [-0.05, 0) is 80.3 Å². The van der Waals surface area contributed by atoms with Gasteiger partial charge >= 0.3 is 0 Å². The van der Waals surface area contributed by atoms with Crippen LogP contribution in [0, 0.1) is 11.8 Å².